The molecule has 11 heteroatoms. The van der Waals surface area contributed by atoms with Crippen molar-refractivity contribution < 1.29 is 21.6 Å². The number of piperidine rings is 1. The predicted octanol–water partition coefficient (Wildman–Crippen LogP) is 4.58. The van der Waals surface area contributed by atoms with E-state index in [1.807, 2.05) is 31.2 Å². The summed E-state index contributed by atoms with van der Waals surface area (Å²) < 4.78 is 56.6. The van der Waals surface area contributed by atoms with Crippen LogP contribution in [0.1, 0.15) is 36.0 Å². The molecule has 2 aliphatic rings. The topological polar surface area (TPSA) is 104 Å². The molecule has 1 atom stereocenters. The molecule has 8 nitrogen and oxygen atoms in total. The van der Waals surface area contributed by atoms with Crippen molar-refractivity contribution in [1.82, 2.24) is 8.61 Å². The molecule has 1 fully saturated rings. The molecule has 1 amide bonds. The Hall–Kier alpha value is -2.76. The molecule has 0 aromatic heterocycles. The summed E-state index contributed by atoms with van der Waals surface area (Å²) in [5, 5.41) is 2.89. The Labute approximate surface area is 234 Å². The molecule has 0 aliphatic carbocycles. The van der Waals surface area contributed by atoms with Gasteiger partial charge >= 0.3 is 0 Å². The van der Waals surface area contributed by atoms with E-state index in [1.54, 1.807) is 12.1 Å². The van der Waals surface area contributed by atoms with E-state index < -0.39 is 32.0 Å². The fraction of sp³-hybridized carbons (Fsp3) is 0.321. The summed E-state index contributed by atoms with van der Waals surface area (Å²) in [5.74, 6) is -0.588. The Morgan fingerprint density at radius 1 is 0.846 bits per heavy atom. The molecule has 2 heterocycles. The molecular formula is C28H30ClN3O5S2. The number of hydrogen-bond acceptors (Lipinski definition) is 5. The van der Waals surface area contributed by atoms with Crippen LogP contribution in [0.4, 0.5) is 5.69 Å². The maximum atomic E-state index is 13.7. The van der Waals surface area contributed by atoms with E-state index in [9.17, 15) is 21.6 Å². The van der Waals surface area contributed by atoms with Gasteiger partial charge in [0.1, 0.15) is 6.04 Å². The van der Waals surface area contributed by atoms with Crippen LogP contribution < -0.4 is 5.32 Å². The van der Waals surface area contributed by atoms with Gasteiger partial charge in [-0.1, -0.05) is 60.0 Å². The monoisotopic (exact) mass is 587 g/mol. The number of aryl methyl sites for hydroxylation is 1. The lowest BCUT2D eigenvalue weighted by Crippen LogP contribution is -2.50. The minimum atomic E-state index is -4.03. The largest absolute Gasteiger partial charge is 0.323 e. The van der Waals surface area contributed by atoms with Crippen LogP contribution in [-0.2, 0) is 37.8 Å². The maximum Gasteiger partial charge on any atom is 0.244 e. The van der Waals surface area contributed by atoms with Crippen molar-refractivity contribution in [2.75, 3.05) is 18.4 Å². The van der Waals surface area contributed by atoms with E-state index in [1.165, 1.54) is 38.9 Å². The van der Waals surface area contributed by atoms with E-state index in [0.29, 0.717) is 13.1 Å². The molecular weight excluding hydrogens is 558 g/mol. The van der Waals surface area contributed by atoms with Crippen molar-refractivity contribution in [2.24, 2.45) is 0 Å². The molecule has 2 aliphatic heterocycles. The van der Waals surface area contributed by atoms with Crippen LogP contribution in [0.15, 0.2) is 76.5 Å². The van der Waals surface area contributed by atoms with E-state index in [-0.39, 0.29) is 33.5 Å². The van der Waals surface area contributed by atoms with Crippen molar-refractivity contribution in [3.05, 3.63) is 88.4 Å². The van der Waals surface area contributed by atoms with Crippen molar-refractivity contribution >= 4 is 43.2 Å². The number of benzene rings is 3. The SMILES string of the molecule is Cc1ccc(S(=O)(=O)N2Cc3ccccc3C[C@@H]2C(=O)Nc2cc(S(=O)(=O)N3CCCCC3)ccc2Cl)cc1. The highest BCUT2D eigenvalue weighted by atomic mass is 35.5. The van der Waals surface area contributed by atoms with Gasteiger partial charge in [0.15, 0.2) is 0 Å². The highest BCUT2D eigenvalue weighted by Gasteiger charge is 2.40. The lowest BCUT2D eigenvalue weighted by molar-refractivity contribution is -0.120. The van der Waals surface area contributed by atoms with Crippen molar-refractivity contribution in [1.29, 1.82) is 0 Å². The lowest BCUT2D eigenvalue weighted by Gasteiger charge is -2.35. The smallest absolute Gasteiger partial charge is 0.244 e. The second-order valence-corrected chi connectivity index (χ2v) is 14.2. The summed E-state index contributed by atoms with van der Waals surface area (Å²) in [4.78, 5) is 13.8. The average Bonchev–Trinajstić information content (AvgIpc) is 2.94. The van der Waals surface area contributed by atoms with Gasteiger partial charge in [0.05, 0.1) is 20.5 Å². The van der Waals surface area contributed by atoms with Gasteiger partial charge in [-0.05, 0) is 67.6 Å². The Morgan fingerprint density at radius 2 is 1.49 bits per heavy atom. The first-order chi connectivity index (χ1) is 18.6. The summed E-state index contributed by atoms with van der Waals surface area (Å²) in [5.41, 5.74) is 2.73. The number of nitrogens with one attached hydrogen (secondary N) is 1. The maximum absolute atomic E-state index is 13.7. The van der Waals surface area contributed by atoms with Crippen LogP contribution in [0.3, 0.4) is 0 Å². The van der Waals surface area contributed by atoms with Gasteiger partial charge in [0.25, 0.3) is 0 Å². The number of carbonyl (C=O) groups is 1. The molecule has 0 unspecified atom stereocenters. The fourth-order valence-corrected chi connectivity index (χ4v) is 8.33. The number of carbonyl (C=O) groups excluding carboxylic acids is 1. The van der Waals surface area contributed by atoms with Crippen LogP contribution in [0.2, 0.25) is 5.02 Å². The number of halogens is 1. The van der Waals surface area contributed by atoms with E-state index >= 15 is 0 Å². The van der Waals surface area contributed by atoms with Crippen LogP contribution in [0.5, 0.6) is 0 Å². The van der Waals surface area contributed by atoms with Crippen LogP contribution in [-0.4, -0.2) is 50.5 Å². The zero-order chi connectivity index (χ0) is 27.8. The van der Waals surface area contributed by atoms with E-state index in [0.717, 1.165) is 36.0 Å². The normalized spacial score (nSPS) is 18.9. The molecule has 1 N–H and O–H groups in total. The first kappa shape index (κ1) is 27.8. The first-order valence-electron chi connectivity index (χ1n) is 12.8. The number of anilines is 1. The third-order valence-corrected chi connectivity index (χ3v) is 11.4. The van der Waals surface area contributed by atoms with E-state index in [2.05, 4.69) is 5.32 Å². The highest BCUT2D eigenvalue weighted by molar-refractivity contribution is 7.89. The fourth-order valence-electron chi connectivity index (χ4n) is 5.05. The molecule has 0 saturated carbocycles. The zero-order valence-corrected chi connectivity index (χ0v) is 23.9. The number of fused-ring (bicyclic) bond motifs is 1. The van der Waals surface area contributed by atoms with Crippen molar-refractivity contribution in [3.63, 3.8) is 0 Å². The first-order valence-corrected chi connectivity index (χ1v) is 16.1. The standard InChI is InChI=1S/C28H30ClN3O5S2/c1-20-9-11-23(12-10-20)39(36,37)32-19-22-8-4-3-7-21(22)17-27(32)28(33)30-26-18-24(13-14-25(26)29)38(34,35)31-15-5-2-6-16-31/h3-4,7-14,18,27H,2,5-6,15-17,19H2,1H3,(H,30,33)/t27-/m1/s1. The van der Waals surface area contributed by atoms with Gasteiger partial charge in [-0.2, -0.15) is 8.61 Å². The summed E-state index contributed by atoms with van der Waals surface area (Å²) in [6, 6.07) is 17.1. The molecule has 206 valence electrons. The summed E-state index contributed by atoms with van der Waals surface area (Å²) in [6.45, 7) is 2.79. The van der Waals surface area contributed by atoms with E-state index in [4.69, 9.17) is 11.6 Å². The molecule has 0 spiro atoms. The number of rotatable bonds is 6. The summed E-state index contributed by atoms with van der Waals surface area (Å²) in [6.07, 6.45) is 2.74. The van der Waals surface area contributed by atoms with Crippen LogP contribution in [0.25, 0.3) is 0 Å². The second kappa shape index (κ2) is 11.0. The van der Waals surface area contributed by atoms with Gasteiger partial charge < -0.3 is 5.32 Å². The molecule has 1 saturated heterocycles. The third-order valence-electron chi connectivity index (χ3n) is 7.28. The number of amides is 1. The molecule has 0 radical (unpaired) electrons. The van der Waals surface area contributed by atoms with Crippen molar-refractivity contribution in [3.8, 4) is 0 Å². The highest BCUT2D eigenvalue weighted by Crippen LogP contribution is 2.32. The van der Waals surface area contributed by atoms with Crippen molar-refractivity contribution in [2.45, 2.75) is 55.0 Å². The minimum Gasteiger partial charge on any atom is -0.323 e. The van der Waals surface area contributed by atoms with Gasteiger partial charge in [-0.25, -0.2) is 16.8 Å². The average molecular weight is 588 g/mol. The Bertz CT molecular complexity index is 1600. The number of hydrogen-bond donors (Lipinski definition) is 1. The summed E-state index contributed by atoms with van der Waals surface area (Å²) >= 11 is 6.38. The molecule has 3 aromatic carbocycles. The lowest BCUT2D eigenvalue weighted by atomic mass is 9.95. The molecule has 39 heavy (non-hydrogen) atoms. The van der Waals surface area contributed by atoms with Gasteiger partial charge in [0.2, 0.25) is 26.0 Å². The zero-order valence-electron chi connectivity index (χ0n) is 21.5. The number of sulfonamides is 2. The molecule has 3 aromatic rings. The quantitative estimate of drug-likeness (QED) is 0.455. The summed E-state index contributed by atoms with van der Waals surface area (Å²) in [7, 11) is -7.79. The predicted molar refractivity (Wildman–Crippen MR) is 151 cm³/mol. The Morgan fingerprint density at radius 3 is 2.18 bits per heavy atom. The Kier molecular flexibility index (Phi) is 7.85. The molecule has 0 bridgehead atoms. The molecule has 5 rings (SSSR count). The van der Waals surface area contributed by atoms with Gasteiger partial charge in [0, 0.05) is 19.6 Å². The van der Waals surface area contributed by atoms with Crippen LogP contribution >= 0.6 is 11.6 Å². The minimum absolute atomic E-state index is 0.0293. The van der Waals surface area contributed by atoms with Crippen LogP contribution in [0, 0.1) is 6.92 Å². The second-order valence-electron chi connectivity index (χ2n) is 9.95. The third kappa shape index (κ3) is 5.62. The van der Waals surface area contributed by atoms with Gasteiger partial charge in [-0.15, -0.1) is 0 Å². The van der Waals surface area contributed by atoms with Gasteiger partial charge in [-0.3, -0.25) is 4.79 Å². The number of nitrogens with zero attached hydrogens (tertiary/aromatic N) is 2. The Balaban J connectivity index is 1.47.